The lowest BCUT2D eigenvalue weighted by atomic mass is 9.99. The van der Waals surface area contributed by atoms with Crippen LogP contribution in [-0.2, 0) is 0 Å². The third-order valence-electron chi connectivity index (χ3n) is 8.47. The molecule has 246 valence electrons. The van der Waals surface area contributed by atoms with Crippen molar-refractivity contribution in [3.05, 3.63) is 111 Å². The van der Waals surface area contributed by atoms with Gasteiger partial charge in [-0.15, -0.1) is 0 Å². The second-order valence-electron chi connectivity index (χ2n) is 11.8. The fourth-order valence-electron chi connectivity index (χ4n) is 5.75. The summed E-state index contributed by atoms with van der Waals surface area (Å²) in [5.74, 6) is -1.82. The number of pyridine rings is 4. The van der Waals surface area contributed by atoms with Crippen molar-refractivity contribution < 1.29 is 22.0 Å². The van der Waals surface area contributed by atoms with Crippen LogP contribution in [0, 0.1) is 49.0 Å². The van der Waals surface area contributed by atoms with Crippen LogP contribution in [0.1, 0.15) is 30.9 Å². The van der Waals surface area contributed by atoms with Crippen molar-refractivity contribution in [3.8, 4) is 22.5 Å². The first-order chi connectivity index (χ1) is 22.9. The zero-order valence-electron chi connectivity index (χ0n) is 26.1. The molecule has 48 heavy (non-hydrogen) atoms. The van der Waals surface area contributed by atoms with Crippen LogP contribution in [0.4, 0.5) is 27.8 Å². The lowest BCUT2D eigenvalue weighted by Gasteiger charge is -2.31. The summed E-state index contributed by atoms with van der Waals surface area (Å²) in [6, 6.07) is 10.5. The molecule has 5 nitrogen and oxygen atoms in total. The van der Waals surface area contributed by atoms with Crippen molar-refractivity contribution in [3.63, 3.8) is 0 Å². The van der Waals surface area contributed by atoms with Gasteiger partial charge < -0.3 is 4.90 Å². The highest BCUT2D eigenvalue weighted by Gasteiger charge is 2.20. The maximum atomic E-state index is 14.1. The molecule has 0 amide bonds. The molecule has 4 aromatic heterocycles. The Bertz CT molecular complexity index is 2150. The van der Waals surface area contributed by atoms with Gasteiger partial charge >= 0.3 is 0 Å². The lowest BCUT2D eigenvalue weighted by Crippen LogP contribution is -2.33. The highest BCUT2D eigenvalue weighted by molar-refractivity contribution is 6.37. The van der Waals surface area contributed by atoms with Crippen LogP contribution in [0.15, 0.2) is 60.9 Å². The lowest BCUT2D eigenvalue weighted by molar-refractivity contribution is 0.436. The first kappa shape index (κ1) is 33.5. The molecule has 6 aromatic rings. The highest BCUT2D eigenvalue weighted by Crippen LogP contribution is 2.36. The first-order valence-electron chi connectivity index (χ1n) is 15.1. The van der Waals surface area contributed by atoms with Gasteiger partial charge in [-0.05, 0) is 68.0 Å². The molecular weight excluding hydrogens is 668 g/mol. The number of rotatable bonds is 3. The van der Waals surface area contributed by atoms with Crippen molar-refractivity contribution in [1.29, 1.82) is 0 Å². The number of piperidine rings is 1. The van der Waals surface area contributed by atoms with E-state index < -0.39 is 29.2 Å². The van der Waals surface area contributed by atoms with E-state index in [1.54, 1.807) is 20.0 Å². The van der Waals surface area contributed by atoms with E-state index in [4.69, 9.17) is 23.2 Å². The SMILES string of the molecule is Cc1c(-c2ccc(F)nc2)nc2cc(F)cc(F)c2c1Cl.Cc1c(-c2ccc(N3CCC(C)CC3)nc2)nc2cc(F)cc(F)c2c1Cl. The van der Waals surface area contributed by atoms with E-state index in [9.17, 15) is 22.0 Å². The van der Waals surface area contributed by atoms with E-state index in [1.165, 1.54) is 37.2 Å². The Morgan fingerprint density at radius 3 is 1.58 bits per heavy atom. The van der Waals surface area contributed by atoms with E-state index in [1.807, 2.05) is 12.1 Å². The molecule has 0 saturated carbocycles. The highest BCUT2D eigenvalue weighted by atomic mass is 35.5. The van der Waals surface area contributed by atoms with Crippen LogP contribution < -0.4 is 4.90 Å². The zero-order chi connectivity index (χ0) is 34.3. The smallest absolute Gasteiger partial charge is 0.212 e. The minimum absolute atomic E-state index is 0.0642. The van der Waals surface area contributed by atoms with Gasteiger partial charge in [0, 0.05) is 60.9 Å². The Morgan fingerprint density at radius 1 is 0.667 bits per heavy atom. The van der Waals surface area contributed by atoms with Gasteiger partial charge in [0.05, 0.1) is 43.2 Å². The largest absolute Gasteiger partial charge is 0.357 e. The topological polar surface area (TPSA) is 54.8 Å². The Labute approximate surface area is 283 Å². The number of aromatic nitrogens is 4. The van der Waals surface area contributed by atoms with E-state index in [-0.39, 0.29) is 31.9 Å². The van der Waals surface area contributed by atoms with Gasteiger partial charge in [-0.3, -0.25) is 0 Å². The predicted molar refractivity (Wildman–Crippen MR) is 180 cm³/mol. The van der Waals surface area contributed by atoms with Gasteiger partial charge in [-0.25, -0.2) is 37.5 Å². The second kappa shape index (κ2) is 13.6. The minimum Gasteiger partial charge on any atom is -0.357 e. The molecule has 2 aromatic carbocycles. The van der Waals surface area contributed by atoms with Crippen molar-refractivity contribution >= 4 is 50.8 Å². The van der Waals surface area contributed by atoms with Crippen LogP contribution in [0.2, 0.25) is 10.0 Å². The molecule has 1 fully saturated rings. The van der Waals surface area contributed by atoms with E-state index >= 15 is 0 Å². The van der Waals surface area contributed by atoms with E-state index in [0.717, 1.165) is 48.6 Å². The average Bonchev–Trinajstić information content (AvgIpc) is 3.05. The molecule has 0 radical (unpaired) electrons. The summed E-state index contributed by atoms with van der Waals surface area (Å²) in [6.45, 7) is 7.73. The maximum absolute atomic E-state index is 14.1. The van der Waals surface area contributed by atoms with Gasteiger partial charge in [0.2, 0.25) is 5.95 Å². The fraction of sp³-hybridized carbons (Fsp3) is 0.222. The number of hydrogen-bond acceptors (Lipinski definition) is 5. The summed E-state index contributed by atoms with van der Waals surface area (Å²) in [5.41, 5.74) is 3.75. The fourth-order valence-corrected chi connectivity index (χ4v) is 6.30. The van der Waals surface area contributed by atoms with Crippen LogP contribution in [0.3, 0.4) is 0 Å². The second-order valence-corrected chi connectivity index (χ2v) is 12.6. The van der Waals surface area contributed by atoms with Crippen LogP contribution in [-0.4, -0.2) is 33.0 Å². The van der Waals surface area contributed by atoms with Crippen molar-refractivity contribution in [2.75, 3.05) is 18.0 Å². The molecule has 0 N–H and O–H groups in total. The van der Waals surface area contributed by atoms with Crippen LogP contribution >= 0.6 is 23.2 Å². The number of hydrogen-bond donors (Lipinski definition) is 0. The molecule has 1 aliphatic rings. The number of benzene rings is 2. The Kier molecular flexibility index (Phi) is 9.49. The van der Waals surface area contributed by atoms with Crippen LogP contribution in [0.25, 0.3) is 44.3 Å². The summed E-state index contributed by atoms with van der Waals surface area (Å²) in [5, 5.41) is 0.610. The monoisotopic (exact) mass is 695 g/mol. The zero-order valence-corrected chi connectivity index (χ0v) is 27.6. The van der Waals surface area contributed by atoms with Gasteiger partial charge in [-0.1, -0.05) is 30.1 Å². The third-order valence-corrected chi connectivity index (χ3v) is 9.42. The van der Waals surface area contributed by atoms with Crippen molar-refractivity contribution in [2.45, 2.75) is 33.6 Å². The summed E-state index contributed by atoms with van der Waals surface area (Å²) in [7, 11) is 0. The molecule has 1 aliphatic heterocycles. The van der Waals surface area contributed by atoms with E-state index in [0.29, 0.717) is 28.1 Å². The van der Waals surface area contributed by atoms with E-state index in [2.05, 4.69) is 31.8 Å². The maximum Gasteiger partial charge on any atom is 0.212 e. The summed E-state index contributed by atoms with van der Waals surface area (Å²) in [4.78, 5) is 19.1. The molecular formula is C36H28Cl2F5N5. The molecule has 0 bridgehead atoms. The quantitative estimate of drug-likeness (QED) is 0.136. The molecule has 0 unspecified atom stereocenters. The Hall–Kier alpha value is -4.41. The van der Waals surface area contributed by atoms with Gasteiger partial charge in [0.25, 0.3) is 0 Å². The Morgan fingerprint density at radius 2 is 1.15 bits per heavy atom. The molecule has 0 aliphatic carbocycles. The number of nitrogens with zero attached hydrogens (tertiary/aromatic N) is 5. The first-order valence-corrected chi connectivity index (χ1v) is 15.9. The standard InChI is InChI=1S/C21H20ClF2N3.C15H8ClF3N2/c1-12-5-7-27(8-6-12)18-4-3-14(11-25-18)21-13(2)20(22)19-16(24)9-15(23)10-17(19)26-21;1-7-14(16)13-10(18)4-9(17)5-11(13)21-15(7)8-2-3-12(19)20-6-8/h3-4,9-12H,5-8H2,1-2H3;2-6H,1H3. The minimum atomic E-state index is -0.769. The van der Waals surface area contributed by atoms with Gasteiger partial charge in [0.15, 0.2) is 0 Å². The third kappa shape index (κ3) is 6.64. The average molecular weight is 697 g/mol. The molecule has 12 heteroatoms. The Balaban J connectivity index is 0.000000173. The number of halogens is 7. The van der Waals surface area contributed by atoms with Gasteiger partial charge in [-0.2, -0.15) is 4.39 Å². The predicted octanol–water partition coefficient (Wildman–Crippen LogP) is 10.4. The summed E-state index contributed by atoms with van der Waals surface area (Å²) in [6.07, 6.45) is 5.38. The number of fused-ring (bicyclic) bond motifs is 2. The normalized spacial score (nSPS) is 13.6. The molecule has 7 rings (SSSR count). The molecule has 0 spiro atoms. The van der Waals surface area contributed by atoms with Crippen LogP contribution in [0.5, 0.6) is 0 Å². The van der Waals surface area contributed by atoms with Gasteiger partial charge in [0.1, 0.15) is 29.1 Å². The summed E-state index contributed by atoms with van der Waals surface area (Å²) < 4.78 is 67.8. The molecule has 5 heterocycles. The number of anilines is 1. The molecule has 0 atom stereocenters. The molecule has 1 saturated heterocycles. The van der Waals surface area contributed by atoms with Crippen molar-refractivity contribution in [2.24, 2.45) is 5.92 Å². The summed E-state index contributed by atoms with van der Waals surface area (Å²) >= 11 is 12.5. The van der Waals surface area contributed by atoms with Crippen molar-refractivity contribution in [1.82, 2.24) is 19.9 Å².